The van der Waals surface area contributed by atoms with E-state index in [1.165, 1.54) is 11.3 Å². The number of thiophene rings is 1. The first kappa shape index (κ1) is 20.8. The highest BCUT2D eigenvalue weighted by Gasteiger charge is 2.38. The lowest BCUT2D eigenvalue weighted by molar-refractivity contribution is -0.147. The van der Waals surface area contributed by atoms with E-state index in [-0.39, 0.29) is 11.3 Å². The number of fused-ring (bicyclic) bond motifs is 1. The average Bonchev–Trinajstić information content (AvgIpc) is 2.97. The summed E-state index contributed by atoms with van der Waals surface area (Å²) in [5, 5.41) is 12.8. The fourth-order valence-electron chi connectivity index (χ4n) is 4.62. The van der Waals surface area contributed by atoms with Crippen LogP contribution in [0.2, 0.25) is 0 Å². The SMILES string of the molecule is CC(C)(C)[C@@H]1CCc2c(sc(NC(=O)[C@@H]3CCCC[C@@H]3C(=O)O)c2C(N)=O)C1. The Balaban J connectivity index is 1.86. The molecule has 0 saturated heterocycles. The third kappa shape index (κ3) is 4.09. The van der Waals surface area contributed by atoms with Crippen LogP contribution < -0.4 is 11.1 Å². The van der Waals surface area contributed by atoms with E-state index in [0.29, 0.717) is 29.3 Å². The molecule has 28 heavy (non-hydrogen) atoms. The molecule has 1 fully saturated rings. The van der Waals surface area contributed by atoms with E-state index in [4.69, 9.17) is 5.73 Å². The van der Waals surface area contributed by atoms with E-state index in [1.807, 2.05) is 0 Å². The van der Waals surface area contributed by atoms with Crippen molar-refractivity contribution in [3.05, 3.63) is 16.0 Å². The molecule has 1 saturated carbocycles. The van der Waals surface area contributed by atoms with Crippen molar-refractivity contribution in [3.8, 4) is 0 Å². The molecule has 1 aromatic rings. The number of hydrogen-bond acceptors (Lipinski definition) is 4. The van der Waals surface area contributed by atoms with Crippen LogP contribution in [0.4, 0.5) is 5.00 Å². The molecule has 2 aliphatic carbocycles. The molecule has 1 aromatic heterocycles. The first-order chi connectivity index (χ1) is 13.1. The van der Waals surface area contributed by atoms with E-state index >= 15 is 0 Å². The summed E-state index contributed by atoms with van der Waals surface area (Å²) in [7, 11) is 0. The lowest BCUT2D eigenvalue weighted by Gasteiger charge is -2.33. The smallest absolute Gasteiger partial charge is 0.307 e. The lowest BCUT2D eigenvalue weighted by Crippen LogP contribution is -2.36. The molecular formula is C21H30N2O4S. The number of carboxylic acid groups (broad SMARTS) is 1. The topological polar surface area (TPSA) is 109 Å². The second-order valence-electron chi connectivity index (χ2n) is 9.20. The van der Waals surface area contributed by atoms with Gasteiger partial charge in [0.25, 0.3) is 5.91 Å². The van der Waals surface area contributed by atoms with Gasteiger partial charge in [0.15, 0.2) is 0 Å². The minimum Gasteiger partial charge on any atom is -0.481 e. The first-order valence-electron chi connectivity index (χ1n) is 10.1. The van der Waals surface area contributed by atoms with Gasteiger partial charge in [-0.15, -0.1) is 11.3 Å². The zero-order valence-electron chi connectivity index (χ0n) is 16.8. The Labute approximate surface area is 169 Å². The number of amides is 2. The van der Waals surface area contributed by atoms with Crippen LogP contribution in [-0.2, 0) is 22.4 Å². The fraction of sp³-hybridized carbons (Fsp3) is 0.667. The van der Waals surface area contributed by atoms with Crippen LogP contribution in [0.25, 0.3) is 0 Å². The van der Waals surface area contributed by atoms with Crippen LogP contribution in [0.3, 0.4) is 0 Å². The van der Waals surface area contributed by atoms with E-state index in [1.54, 1.807) is 0 Å². The van der Waals surface area contributed by atoms with Gasteiger partial charge in [-0.1, -0.05) is 33.6 Å². The molecule has 0 aromatic carbocycles. The van der Waals surface area contributed by atoms with Gasteiger partial charge in [0.1, 0.15) is 5.00 Å². The predicted molar refractivity (Wildman–Crippen MR) is 110 cm³/mol. The molecule has 4 N–H and O–H groups in total. The monoisotopic (exact) mass is 406 g/mol. The Kier molecular flexibility index (Phi) is 5.84. The van der Waals surface area contributed by atoms with Crippen LogP contribution in [0.5, 0.6) is 0 Å². The van der Waals surface area contributed by atoms with Crippen molar-refractivity contribution in [2.75, 3.05) is 5.32 Å². The van der Waals surface area contributed by atoms with Crippen LogP contribution in [0.1, 0.15) is 73.7 Å². The number of hydrogen-bond donors (Lipinski definition) is 3. The van der Waals surface area contributed by atoms with E-state index in [2.05, 4.69) is 26.1 Å². The highest BCUT2D eigenvalue weighted by molar-refractivity contribution is 7.17. The van der Waals surface area contributed by atoms with Crippen LogP contribution in [0.15, 0.2) is 0 Å². The molecule has 0 aliphatic heterocycles. The molecule has 0 bridgehead atoms. The molecule has 2 amide bonds. The molecule has 2 aliphatic rings. The number of nitrogens with one attached hydrogen (secondary N) is 1. The Morgan fingerprint density at radius 2 is 1.75 bits per heavy atom. The Morgan fingerprint density at radius 3 is 2.32 bits per heavy atom. The normalized spacial score (nSPS) is 25.0. The van der Waals surface area contributed by atoms with Gasteiger partial charge in [0.2, 0.25) is 5.91 Å². The summed E-state index contributed by atoms with van der Waals surface area (Å²) in [5.41, 5.74) is 7.22. The summed E-state index contributed by atoms with van der Waals surface area (Å²) in [6.07, 6.45) is 5.40. The van der Waals surface area contributed by atoms with Crippen molar-refractivity contribution >= 4 is 34.1 Å². The van der Waals surface area contributed by atoms with Gasteiger partial charge in [-0.05, 0) is 49.0 Å². The quantitative estimate of drug-likeness (QED) is 0.706. The Morgan fingerprint density at radius 1 is 1.11 bits per heavy atom. The Bertz CT molecular complexity index is 793. The molecule has 1 heterocycles. The molecule has 3 atom stereocenters. The lowest BCUT2D eigenvalue weighted by atomic mass is 9.72. The van der Waals surface area contributed by atoms with Gasteiger partial charge in [0, 0.05) is 4.88 Å². The number of carbonyl (C=O) groups excluding carboxylic acids is 2. The molecular weight excluding hydrogens is 376 g/mol. The summed E-state index contributed by atoms with van der Waals surface area (Å²) in [5.74, 6) is -2.47. The number of anilines is 1. The highest BCUT2D eigenvalue weighted by atomic mass is 32.1. The van der Waals surface area contributed by atoms with Gasteiger partial charge in [0.05, 0.1) is 17.4 Å². The van der Waals surface area contributed by atoms with Crippen LogP contribution in [-0.4, -0.2) is 22.9 Å². The number of carbonyl (C=O) groups is 3. The maximum absolute atomic E-state index is 12.9. The summed E-state index contributed by atoms with van der Waals surface area (Å²) in [4.78, 5) is 37.7. The van der Waals surface area contributed by atoms with E-state index < -0.39 is 23.7 Å². The predicted octanol–water partition coefficient (Wildman–Crippen LogP) is 3.83. The summed E-state index contributed by atoms with van der Waals surface area (Å²) < 4.78 is 0. The van der Waals surface area contributed by atoms with E-state index in [9.17, 15) is 19.5 Å². The van der Waals surface area contributed by atoms with Gasteiger partial charge in [-0.3, -0.25) is 14.4 Å². The molecule has 7 heteroatoms. The van der Waals surface area contributed by atoms with Crippen LogP contribution in [0, 0.1) is 23.2 Å². The first-order valence-corrected chi connectivity index (χ1v) is 10.9. The zero-order chi connectivity index (χ0) is 20.6. The summed E-state index contributed by atoms with van der Waals surface area (Å²) in [6.45, 7) is 6.68. The maximum atomic E-state index is 12.9. The highest BCUT2D eigenvalue weighted by Crippen LogP contribution is 2.44. The molecule has 0 unspecified atom stereocenters. The number of carboxylic acids is 1. The second-order valence-corrected chi connectivity index (χ2v) is 10.3. The number of aliphatic carboxylic acids is 1. The standard InChI is InChI=1S/C21H30N2O4S/c1-21(2,3)11-8-9-14-15(10-11)28-19(16(14)17(22)24)23-18(25)12-6-4-5-7-13(12)20(26)27/h11-13H,4-10H2,1-3H3,(H2,22,24)(H,23,25)(H,26,27)/t11-,12-,13+/m1/s1. The minimum atomic E-state index is -0.923. The summed E-state index contributed by atoms with van der Waals surface area (Å²) >= 11 is 1.43. The molecule has 6 nitrogen and oxygen atoms in total. The minimum absolute atomic E-state index is 0.175. The van der Waals surface area contributed by atoms with Crippen LogP contribution >= 0.6 is 11.3 Å². The third-order valence-electron chi connectivity index (χ3n) is 6.39. The molecule has 3 rings (SSSR count). The summed E-state index contributed by atoms with van der Waals surface area (Å²) in [6, 6.07) is 0. The largest absolute Gasteiger partial charge is 0.481 e. The number of rotatable bonds is 4. The molecule has 154 valence electrons. The van der Waals surface area contributed by atoms with Gasteiger partial charge in [-0.25, -0.2) is 0 Å². The number of primary amides is 1. The van der Waals surface area contributed by atoms with Crippen molar-refractivity contribution in [1.82, 2.24) is 0 Å². The van der Waals surface area contributed by atoms with Gasteiger partial charge < -0.3 is 16.2 Å². The molecule has 0 radical (unpaired) electrons. The average molecular weight is 407 g/mol. The van der Waals surface area contributed by atoms with Crippen molar-refractivity contribution in [3.63, 3.8) is 0 Å². The maximum Gasteiger partial charge on any atom is 0.307 e. The van der Waals surface area contributed by atoms with Crippen molar-refractivity contribution in [1.29, 1.82) is 0 Å². The molecule has 0 spiro atoms. The zero-order valence-corrected chi connectivity index (χ0v) is 17.7. The van der Waals surface area contributed by atoms with E-state index in [0.717, 1.165) is 42.5 Å². The van der Waals surface area contributed by atoms with Gasteiger partial charge in [-0.2, -0.15) is 0 Å². The van der Waals surface area contributed by atoms with Crippen molar-refractivity contribution in [2.24, 2.45) is 28.9 Å². The van der Waals surface area contributed by atoms with Crippen molar-refractivity contribution < 1.29 is 19.5 Å². The van der Waals surface area contributed by atoms with Crippen molar-refractivity contribution in [2.45, 2.75) is 65.7 Å². The number of nitrogens with two attached hydrogens (primary N) is 1. The third-order valence-corrected chi connectivity index (χ3v) is 7.56. The second kappa shape index (κ2) is 7.85. The Hall–Kier alpha value is -1.89. The fourth-order valence-corrected chi connectivity index (χ4v) is 5.95. The van der Waals surface area contributed by atoms with Gasteiger partial charge >= 0.3 is 5.97 Å².